The summed E-state index contributed by atoms with van der Waals surface area (Å²) in [5, 5.41) is 15.1. The number of hydrogen-bond acceptors (Lipinski definition) is 7. The fourth-order valence-electron chi connectivity index (χ4n) is 4.15. The number of likely N-dealkylation sites (N-methyl/N-ethyl adjacent to an activating group) is 1. The van der Waals surface area contributed by atoms with E-state index in [1.54, 1.807) is 29.7 Å². The van der Waals surface area contributed by atoms with Crippen LogP contribution in [-0.4, -0.2) is 34.8 Å². The molecule has 0 saturated carbocycles. The maximum atomic E-state index is 13.4. The molecule has 0 spiro atoms. The summed E-state index contributed by atoms with van der Waals surface area (Å²) in [5.41, 5.74) is 0.890. The summed E-state index contributed by atoms with van der Waals surface area (Å²) in [6, 6.07) is 13.1. The first kappa shape index (κ1) is 23.3. The fraction of sp³-hybridized carbons (Fsp3) is 0.320. The average molecular weight is 500 g/mol. The van der Waals surface area contributed by atoms with Gasteiger partial charge >= 0.3 is 0 Å². The number of halogens is 1. The molecule has 34 heavy (non-hydrogen) atoms. The fourth-order valence-corrected chi connectivity index (χ4v) is 5.44. The number of hydrogen-bond donors (Lipinski definition) is 2. The number of nitrogens with one attached hydrogen (secondary N) is 1. The van der Waals surface area contributed by atoms with Crippen LogP contribution < -0.4 is 10.7 Å². The Balaban J connectivity index is 1.34. The number of fused-ring (bicyclic) bond motifs is 1. The van der Waals surface area contributed by atoms with E-state index in [1.807, 2.05) is 60.1 Å². The van der Waals surface area contributed by atoms with Crippen molar-refractivity contribution >= 4 is 33.2 Å². The lowest BCUT2D eigenvalue weighted by atomic mass is 10.1. The van der Waals surface area contributed by atoms with Crippen LogP contribution in [0.2, 0.25) is 5.02 Å². The van der Waals surface area contributed by atoms with Crippen molar-refractivity contribution in [1.82, 2.24) is 14.8 Å². The van der Waals surface area contributed by atoms with Crippen molar-refractivity contribution in [2.45, 2.75) is 24.9 Å². The minimum atomic E-state index is -0.769. The number of aryl methyl sites for hydroxylation is 1. The smallest absolute Gasteiger partial charge is 0.197 e. The van der Waals surface area contributed by atoms with E-state index in [2.05, 4.69) is 5.32 Å². The Bertz CT molecular complexity index is 1340. The van der Waals surface area contributed by atoms with E-state index in [0.29, 0.717) is 48.0 Å². The molecule has 3 aromatic heterocycles. The van der Waals surface area contributed by atoms with Crippen LogP contribution in [0, 0.1) is 0 Å². The molecule has 0 radical (unpaired) electrons. The Labute approximate surface area is 206 Å². The third kappa shape index (κ3) is 4.70. The van der Waals surface area contributed by atoms with Gasteiger partial charge in [-0.1, -0.05) is 23.7 Å². The van der Waals surface area contributed by atoms with Gasteiger partial charge in [0.15, 0.2) is 11.2 Å². The number of aliphatic hydroxyl groups excluding tert-OH is 1. The summed E-state index contributed by atoms with van der Waals surface area (Å²) in [7, 11) is 3.89. The lowest BCUT2D eigenvalue weighted by Gasteiger charge is -2.18. The Kier molecular flexibility index (Phi) is 6.37. The molecule has 1 saturated heterocycles. The summed E-state index contributed by atoms with van der Waals surface area (Å²) in [6.07, 6.45) is 2.72. The van der Waals surface area contributed by atoms with Gasteiger partial charge in [-0.2, -0.15) is 0 Å². The molecule has 1 aliphatic rings. The Morgan fingerprint density at radius 3 is 2.76 bits per heavy atom. The summed E-state index contributed by atoms with van der Waals surface area (Å²) >= 11 is 7.56. The lowest BCUT2D eigenvalue weighted by Crippen LogP contribution is -2.35. The number of aliphatic hydroxyl groups is 1. The summed E-state index contributed by atoms with van der Waals surface area (Å²) in [6.45, 7) is 2.05. The highest BCUT2D eigenvalue weighted by Crippen LogP contribution is 2.36. The van der Waals surface area contributed by atoms with Crippen molar-refractivity contribution in [2.24, 2.45) is 7.05 Å². The van der Waals surface area contributed by atoms with E-state index in [9.17, 15) is 9.90 Å². The topological polar surface area (TPSA) is 83.2 Å². The summed E-state index contributed by atoms with van der Waals surface area (Å²) in [5.74, 6) is 0.543. The third-order valence-corrected chi connectivity index (χ3v) is 7.50. The zero-order valence-corrected chi connectivity index (χ0v) is 20.5. The van der Waals surface area contributed by atoms with Crippen molar-refractivity contribution in [1.29, 1.82) is 0 Å². The van der Waals surface area contributed by atoms with E-state index in [1.165, 1.54) is 0 Å². The molecule has 2 atom stereocenters. The molecule has 4 heterocycles. The van der Waals surface area contributed by atoms with Crippen LogP contribution in [0.3, 0.4) is 0 Å². The minimum Gasteiger partial charge on any atom is -0.467 e. The van der Waals surface area contributed by atoms with Gasteiger partial charge in [0.05, 0.1) is 23.8 Å². The van der Waals surface area contributed by atoms with E-state index < -0.39 is 11.8 Å². The summed E-state index contributed by atoms with van der Waals surface area (Å²) < 4.78 is 13.0. The van der Waals surface area contributed by atoms with Gasteiger partial charge in [0.2, 0.25) is 0 Å². The van der Waals surface area contributed by atoms with Gasteiger partial charge in [0, 0.05) is 42.8 Å². The molecule has 178 valence electrons. The average Bonchev–Trinajstić information content (AvgIpc) is 3.20. The predicted octanol–water partition coefficient (Wildman–Crippen LogP) is 3.98. The number of aromatic nitrogens is 1. The van der Waals surface area contributed by atoms with E-state index >= 15 is 0 Å². The zero-order valence-electron chi connectivity index (χ0n) is 19.0. The van der Waals surface area contributed by atoms with Crippen molar-refractivity contribution in [3.8, 4) is 0 Å². The standard InChI is InChI=1S/C25H26ClN3O4S/c1-28(14-21(30)22-4-3-9-32-22)12-18-10-19-23(31)20(13-29(2)24(19)34-18)25(15-33-25)27-11-16-5-7-17(26)8-6-16/h3-10,13,21,27,30H,11-12,14-15H2,1-2H3. The van der Waals surface area contributed by atoms with Gasteiger partial charge in [-0.15, -0.1) is 11.3 Å². The highest BCUT2D eigenvalue weighted by atomic mass is 35.5. The van der Waals surface area contributed by atoms with Crippen LogP contribution >= 0.6 is 22.9 Å². The number of furan rings is 1. The quantitative estimate of drug-likeness (QED) is 0.339. The highest BCUT2D eigenvalue weighted by Gasteiger charge is 2.48. The lowest BCUT2D eigenvalue weighted by molar-refractivity contribution is 0.104. The molecule has 1 aromatic carbocycles. The molecular formula is C25H26ClN3O4S. The zero-order chi connectivity index (χ0) is 23.9. The van der Waals surface area contributed by atoms with E-state index in [0.717, 1.165) is 15.3 Å². The molecule has 0 bridgehead atoms. The molecule has 0 amide bonds. The number of rotatable bonds is 9. The predicted molar refractivity (Wildman–Crippen MR) is 133 cm³/mol. The van der Waals surface area contributed by atoms with Crippen LogP contribution in [0.1, 0.15) is 27.9 Å². The number of benzene rings is 1. The number of thiophene rings is 1. The molecule has 2 N–H and O–H groups in total. The number of nitrogens with zero attached hydrogens (tertiary/aromatic N) is 2. The molecule has 1 aliphatic heterocycles. The van der Waals surface area contributed by atoms with Crippen LogP contribution in [0.5, 0.6) is 0 Å². The monoisotopic (exact) mass is 499 g/mol. The Morgan fingerprint density at radius 1 is 1.32 bits per heavy atom. The first-order valence-electron chi connectivity index (χ1n) is 11.0. The maximum absolute atomic E-state index is 13.4. The second kappa shape index (κ2) is 9.30. The van der Waals surface area contributed by atoms with Crippen molar-refractivity contribution in [3.63, 3.8) is 0 Å². The van der Waals surface area contributed by atoms with E-state index in [-0.39, 0.29) is 5.43 Å². The van der Waals surface area contributed by atoms with Crippen LogP contribution in [-0.2, 0) is 30.6 Å². The third-order valence-electron chi connectivity index (χ3n) is 6.04. The van der Waals surface area contributed by atoms with Gasteiger partial charge < -0.3 is 18.8 Å². The van der Waals surface area contributed by atoms with Gasteiger partial charge in [0.25, 0.3) is 0 Å². The van der Waals surface area contributed by atoms with Crippen molar-refractivity contribution in [2.75, 3.05) is 20.2 Å². The SMILES string of the molecule is CN(Cc1cc2c(=O)c(C3(NCc4ccc(Cl)cc4)CO3)cn(C)c2s1)CC(O)c1ccco1. The van der Waals surface area contributed by atoms with Gasteiger partial charge in [-0.3, -0.25) is 15.0 Å². The van der Waals surface area contributed by atoms with Crippen LogP contribution in [0.25, 0.3) is 10.2 Å². The Hall–Kier alpha value is -2.46. The second-order valence-electron chi connectivity index (χ2n) is 8.74. The molecule has 1 fully saturated rings. The molecule has 2 unspecified atom stereocenters. The first-order chi connectivity index (χ1) is 16.3. The first-order valence-corrected chi connectivity index (χ1v) is 12.2. The maximum Gasteiger partial charge on any atom is 0.197 e. The van der Waals surface area contributed by atoms with Crippen molar-refractivity contribution < 1.29 is 14.3 Å². The summed E-state index contributed by atoms with van der Waals surface area (Å²) in [4.78, 5) is 17.4. The normalized spacial score (nSPS) is 18.6. The Morgan fingerprint density at radius 2 is 2.09 bits per heavy atom. The number of epoxide rings is 1. The van der Waals surface area contributed by atoms with Gasteiger partial charge in [0.1, 0.15) is 16.7 Å². The van der Waals surface area contributed by atoms with Crippen molar-refractivity contribution in [3.05, 3.63) is 91.9 Å². The van der Waals surface area contributed by atoms with Gasteiger partial charge in [-0.25, -0.2) is 0 Å². The minimum absolute atomic E-state index is 0.0185. The van der Waals surface area contributed by atoms with Crippen LogP contribution in [0.4, 0.5) is 0 Å². The molecule has 0 aliphatic carbocycles. The van der Waals surface area contributed by atoms with E-state index in [4.69, 9.17) is 20.8 Å². The van der Waals surface area contributed by atoms with Crippen LogP contribution in [0.15, 0.2) is 64.1 Å². The number of pyridine rings is 1. The number of ether oxygens (including phenoxy) is 1. The highest BCUT2D eigenvalue weighted by molar-refractivity contribution is 7.18. The molecule has 7 nitrogen and oxygen atoms in total. The van der Waals surface area contributed by atoms with Gasteiger partial charge in [-0.05, 0) is 42.9 Å². The second-order valence-corrected chi connectivity index (χ2v) is 10.3. The molecule has 9 heteroatoms. The molecular weight excluding hydrogens is 474 g/mol. The largest absolute Gasteiger partial charge is 0.467 e. The molecule has 5 rings (SSSR count). The molecule has 4 aromatic rings.